The van der Waals surface area contributed by atoms with Crippen LogP contribution >= 0.6 is 0 Å². The first-order valence-electron chi connectivity index (χ1n) is 9.42. The van der Waals surface area contributed by atoms with Gasteiger partial charge in [0, 0.05) is 23.7 Å². The standard InChI is InChI=1S/C22H21N3O4/c1-3-12-25-17-13-16(8-10-19(17)28-14-21(25)26)22-23-20(29-24-22)11-9-15-6-4-5-7-18(15)27-2/h4-11,13H,3,12,14H2,1-2H3. The van der Waals surface area contributed by atoms with E-state index in [0.29, 0.717) is 24.0 Å². The molecule has 0 radical (unpaired) electrons. The topological polar surface area (TPSA) is 77.7 Å². The summed E-state index contributed by atoms with van der Waals surface area (Å²) < 4.78 is 16.2. The number of amides is 1. The summed E-state index contributed by atoms with van der Waals surface area (Å²) in [5.41, 5.74) is 2.40. The summed E-state index contributed by atoms with van der Waals surface area (Å²) in [5.74, 6) is 2.22. The summed E-state index contributed by atoms with van der Waals surface area (Å²) in [6.07, 6.45) is 4.46. The Hall–Kier alpha value is -3.61. The van der Waals surface area contributed by atoms with E-state index in [2.05, 4.69) is 10.1 Å². The average Bonchev–Trinajstić information content (AvgIpc) is 3.23. The zero-order valence-electron chi connectivity index (χ0n) is 16.3. The van der Waals surface area contributed by atoms with Gasteiger partial charge in [-0.3, -0.25) is 4.79 Å². The van der Waals surface area contributed by atoms with Crippen LogP contribution in [0.3, 0.4) is 0 Å². The van der Waals surface area contributed by atoms with E-state index in [4.69, 9.17) is 14.0 Å². The summed E-state index contributed by atoms with van der Waals surface area (Å²) in [4.78, 5) is 18.4. The van der Waals surface area contributed by atoms with E-state index in [1.807, 2.05) is 55.5 Å². The van der Waals surface area contributed by atoms with Crippen LogP contribution in [0.1, 0.15) is 24.8 Å². The van der Waals surface area contributed by atoms with Gasteiger partial charge in [0.15, 0.2) is 6.61 Å². The van der Waals surface area contributed by atoms with Gasteiger partial charge in [-0.25, -0.2) is 0 Å². The Kier molecular flexibility index (Phi) is 5.29. The molecule has 2 heterocycles. The number of anilines is 1. The number of carbonyl (C=O) groups excluding carboxylic acids is 1. The smallest absolute Gasteiger partial charge is 0.265 e. The highest BCUT2D eigenvalue weighted by molar-refractivity contribution is 5.98. The van der Waals surface area contributed by atoms with Gasteiger partial charge in [0.05, 0.1) is 12.8 Å². The third-order valence-corrected chi connectivity index (χ3v) is 4.59. The maximum atomic E-state index is 12.2. The van der Waals surface area contributed by atoms with Crippen LogP contribution in [0, 0.1) is 0 Å². The van der Waals surface area contributed by atoms with Crippen LogP contribution in [0.25, 0.3) is 23.5 Å². The number of methoxy groups -OCH3 is 1. The molecule has 3 aromatic rings. The highest BCUT2D eigenvalue weighted by Crippen LogP contribution is 2.35. The van der Waals surface area contributed by atoms with E-state index < -0.39 is 0 Å². The number of benzene rings is 2. The predicted octanol–water partition coefficient (Wildman–Crippen LogP) is 4.05. The molecule has 29 heavy (non-hydrogen) atoms. The fraction of sp³-hybridized carbons (Fsp3) is 0.227. The van der Waals surface area contributed by atoms with Gasteiger partial charge in [0.2, 0.25) is 5.82 Å². The zero-order chi connectivity index (χ0) is 20.2. The highest BCUT2D eigenvalue weighted by atomic mass is 16.5. The Balaban J connectivity index is 1.60. The fourth-order valence-corrected chi connectivity index (χ4v) is 3.20. The van der Waals surface area contributed by atoms with Crippen molar-refractivity contribution in [2.45, 2.75) is 13.3 Å². The molecule has 0 bridgehead atoms. The molecule has 4 rings (SSSR count). The molecular weight excluding hydrogens is 370 g/mol. The third-order valence-electron chi connectivity index (χ3n) is 4.59. The van der Waals surface area contributed by atoms with Crippen LogP contribution in [-0.4, -0.2) is 36.3 Å². The number of para-hydroxylation sites is 1. The number of rotatable bonds is 6. The van der Waals surface area contributed by atoms with Gasteiger partial charge in [-0.05, 0) is 36.8 Å². The van der Waals surface area contributed by atoms with Crippen LogP contribution in [0.2, 0.25) is 0 Å². The number of ether oxygens (including phenoxy) is 2. The molecule has 0 N–H and O–H groups in total. The Morgan fingerprint density at radius 3 is 2.90 bits per heavy atom. The van der Waals surface area contributed by atoms with Crippen LogP contribution in [-0.2, 0) is 4.79 Å². The van der Waals surface area contributed by atoms with E-state index >= 15 is 0 Å². The second kappa shape index (κ2) is 8.18. The first-order chi connectivity index (χ1) is 14.2. The normalized spacial score (nSPS) is 13.4. The highest BCUT2D eigenvalue weighted by Gasteiger charge is 2.25. The Labute approximate surface area is 168 Å². The monoisotopic (exact) mass is 391 g/mol. The Morgan fingerprint density at radius 2 is 2.07 bits per heavy atom. The molecule has 7 nitrogen and oxygen atoms in total. The second-order valence-electron chi connectivity index (χ2n) is 6.55. The maximum Gasteiger partial charge on any atom is 0.265 e. The van der Waals surface area contributed by atoms with E-state index in [1.165, 1.54) is 0 Å². The van der Waals surface area contributed by atoms with E-state index in [9.17, 15) is 4.79 Å². The van der Waals surface area contributed by atoms with Crippen molar-refractivity contribution in [2.75, 3.05) is 25.2 Å². The SMILES string of the molecule is CCCN1C(=O)COc2ccc(-c3noc(C=Cc4ccccc4OC)n3)cc21. The van der Waals surface area contributed by atoms with Crippen molar-refractivity contribution in [3.8, 4) is 22.9 Å². The number of nitrogens with zero attached hydrogens (tertiary/aromatic N) is 3. The molecule has 7 heteroatoms. The summed E-state index contributed by atoms with van der Waals surface area (Å²) >= 11 is 0. The van der Waals surface area contributed by atoms with Gasteiger partial charge in [0.25, 0.3) is 11.8 Å². The Morgan fingerprint density at radius 1 is 1.21 bits per heavy atom. The largest absolute Gasteiger partial charge is 0.496 e. The van der Waals surface area contributed by atoms with Crippen molar-refractivity contribution in [1.29, 1.82) is 0 Å². The molecule has 0 saturated heterocycles. The number of aromatic nitrogens is 2. The Bertz CT molecular complexity index is 1060. The molecule has 1 aromatic heterocycles. The first-order valence-corrected chi connectivity index (χ1v) is 9.42. The number of carbonyl (C=O) groups is 1. The summed E-state index contributed by atoms with van der Waals surface area (Å²) in [6.45, 7) is 2.73. The van der Waals surface area contributed by atoms with E-state index in [0.717, 1.165) is 29.0 Å². The summed E-state index contributed by atoms with van der Waals surface area (Å²) in [5, 5.41) is 4.07. The lowest BCUT2D eigenvalue weighted by Gasteiger charge is -2.29. The lowest BCUT2D eigenvalue weighted by Crippen LogP contribution is -2.39. The molecule has 0 atom stereocenters. The summed E-state index contributed by atoms with van der Waals surface area (Å²) in [7, 11) is 1.63. The average molecular weight is 391 g/mol. The minimum Gasteiger partial charge on any atom is -0.496 e. The van der Waals surface area contributed by atoms with E-state index in [1.54, 1.807) is 18.1 Å². The van der Waals surface area contributed by atoms with Crippen LogP contribution in [0.15, 0.2) is 47.0 Å². The zero-order valence-corrected chi connectivity index (χ0v) is 16.3. The van der Waals surface area contributed by atoms with Gasteiger partial charge >= 0.3 is 0 Å². The van der Waals surface area contributed by atoms with Crippen molar-refractivity contribution in [3.63, 3.8) is 0 Å². The molecule has 0 unspecified atom stereocenters. The van der Waals surface area contributed by atoms with Gasteiger partial charge in [0.1, 0.15) is 11.5 Å². The quantitative estimate of drug-likeness (QED) is 0.631. The van der Waals surface area contributed by atoms with Crippen molar-refractivity contribution in [2.24, 2.45) is 0 Å². The molecule has 1 amide bonds. The van der Waals surface area contributed by atoms with Crippen LogP contribution in [0.4, 0.5) is 5.69 Å². The van der Waals surface area contributed by atoms with Crippen molar-refractivity contribution in [3.05, 3.63) is 53.9 Å². The van der Waals surface area contributed by atoms with Crippen molar-refractivity contribution < 1.29 is 18.8 Å². The second-order valence-corrected chi connectivity index (χ2v) is 6.55. The van der Waals surface area contributed by atoms with Gasteiger partial charge in [-0.2, -0.15) is 4.98 Å². The van der Waals surface area contributed by atoms with Crippen LogP contribution < -0.4 is 14.4 Å². The minimum absolute atomic E-state index is 0.0509. The molecule has 0 aliphatic carbocycles. The van der Waals surface area contributed by atoms with Crippen molar-refractivity contribution >= 4 is 23.7 Å². The molecule has 2 aromatic carbocycles. The molecule has 0 spiro atoms. The van der Waals surface area contributed by atoms with Gasteiger partial charge in [-0.15, -0.1) is 0 Å². The molecular formula is C22H21N3O4. The lowest BCUT2D eigenvalue weighted by atomic mass is 10.1. The number of fused-ring (bicyclic) bond motifs is 1. The minimum atomic E-state index is -0.0509. The summed E-state index contributed by atoms with van der Waals surface area (Å²) in [6, 6.07) is 13.2. The van der Waals surface area contributed by atoms with Gasteiger partial charge in [-0.1, -0.05) is 30.3 Å². The molecule has 0 saturated carbocycles. The van der Waals surface area contributed by atoms with Crippen LogP contribution in [0.5, 0.6) is 11.5 Å². The van der Waals surface area contributed by atoms with Crippen molar-refractivity contribution in [1.82, 2.24) is 10.1 Å². The molecule has 1 aliphatic heterocycles. The molecule has 1 aliphatic rings. The predicted molar refractivity (Wildman–Crippen MR) is 110 cm³/mol. The fourth-order valence-electron chi connectivity index (χ4n) is 3.20. The lowest BCUT2D eigenvalue weighted by molar-refractivity contribution is -0.121. The first kappa shape index (κ1) is 18.7. The van der Waals surface area contributed by atoms with Gasteiger partial charge < -0.3 is 18.9 Å². The third kappa shape index (κ3) is 3.85. The maximum absolute atomic E-state index is 12.2. The van der Waals surface area contributed by atoms with E-state index in [-0.39, 0.29) is 12.5 Å². The molecule has 0 fully saturated rings. The number of hydrogen-bond donors (Lipinski definition) is 0. The number of hydrogen-bond acceptors (Lipinski definition) is 6. The molecule has 148 valence electrons.